The second kappa shape index (κ2) is 6.65. The Bertz CT molecular complexity index is 492. The number of rotatable bonds is 7. The minimum Gasteiger partial charge on any atom is -0.316 e. The van der Waals surface area contributed by atoms with Gasteiger partial charge in [-0.05, 0) is 25.1 Å². The van der Waals surface area contributed by atoms with Crippen LogP contribution in [0.1, 0.15) is 13.3 Å². The molecule has 7 heteroatoms. The van der Waals surface area contributed by atoms with Gasteiger partial charge in [-0.3, -0.25) is 4.72 Å². The van der Waals surface area contributed by atoms with Crippen LogP contribution in [0.25, 0.3) is 0 Å². The van der Waals surface area contributed by atoms with E-state index in [1.54, 1.807) is 0 Å². The summed E-state index contributed by atoms with van der Waals surface area (Å²) in [6.45, 7) is 2.97. The summed E-state index contributed by atoms with van der Waals surface area (Å²) in [5.74, 6) is -1.84. The fourth-order valence-corrected chi connectivity index (χ4v) is 2.31. The third-order valence-electron chi connectivity index (χ3n) is 2.17. The molecule has 0 aromatic heterocycles. The highest BCUT2D eigenvalue weighted by Gasteiger charge is 2.13. The average molecular weight is 278 g/mol. The molecule has 0 saturated heterocycles. The van der Waals surface area contributed by atoms with E-state index in [4.69, 9.17) is 0 Å². The molecule has 0 aliphatic carbocycles. The molecule has 18 heavy (non-hydrogen) atoms. The standard InChI is InChI=1S/C11H16F2N2O2S/c1-2-5-14-6-7-18(16,17)15-11-4-3-9(12)8-10(11)13/h3-4,8,14-15H,2,5-7H2,1H3. The topological polar surface area (TPSA) is 58.2 Å². The van der Waals surface area contributed by atoms with Gasteiger partial charge in [0.15, 0.2) is 0 Å². The second-order valence-electron chi connectivity index (χ2n) is 3.80. The van der Waals surface area contributed by atoms with Crippen molar-refractivity contribution in [2.75, 3.05) is 23.6 Å². The van der Waals surface area contributed by atoms with Crippen LogP contribution in [0.5, 0.6) is 0 Å². The van der Waals surface area contributed by atoms with Crippen molar-refractivity contribution in [2.24, 2.45) is 0 Å². The van der Waals surface area contributed by atoms with E-state index in [0.717, 1.165) is 25.1 Å². The number of nitrogens with one attached hydrogen (secondary N) is 2. The minimum absolute atomic E-state index is 0.163. The van der Waals surface area contributed by atoms with Gasteiger partial charge in [0.1, 0.15) is 11.6 Å². The van der Waals surface area contributed by atoms with E-state index in [1.807, 2.05) is 6.92 Å². The van der Waals surface area contributed by atoms with Gasteiger partial charge in [-0.2, -0.15) is 0 Å². The molecule has 4 nitrogen and oxygen atoms in total. The Morgan fingerprint density at radius 3 is 2.56 bits per heavy atom. The molecule has 1 aromatic carbocycles. The van der Waals surface area contributed by atoms with Gasteiger partial charge in [-0.25, -0.2) is 17.2 Å². The highest BCUT2D eigenvalue weighted by molar-refractivity contribution is 7.92. The smallest absolute Gasteiger partial charge is 0.234 e. The largest absolute Gasteiger partial charge is 0.316 e. The molecule has 0 fully saturated rings. The highest BCUT2D eigenvalue weighted by atomic mass is 32.2. The zero-order valence-corrected chi connectivity index (χ0v) is 10.9. The van der Waals surface area contributed by atoms with Gasteiger partial charge in [-0.1, -0.05) is 6.92 Å². The van der Waals surface area contributed by atoms with Crippen LogP contribution in [0, 0.1) is 11.6 Å². The molecule has 102 valence electrons. The van der Waals surface area contributed by atoms with Gasteiger partial charge in [0.25, 0.3) is 0 Å². The Labute approximate surface area is 105 Å². The lowest BCUT2D eigenvalue weighted by atomic mass is 10.3. The van der Waals surface area contributed by atoms with Crippen molar-refractivity contribution in [2.45, 2.75) is 13.3 Å². The van der Waals surface area contributed by atoms with Crippen molar-refractivity contribution in [1.29, 1.82) is 0 Å². The number of benzene rings is 1. The van der Waals surface area contributed by atoms with E-state index >= 15 is 0 Å². The normalized spacial score (nSPS) is 11.5. The van der Waals surface area contributed by atoms with Gasteiger partial charge in [0, 0.05) is 12.6 Å². The van der Waals surface area contributed by atoms with E-state index < -0.39 is 21.7 Å². The van der Waals surface area contributed by atoms with E-state index in [0.29, 0.717) is 6.07 Å². The fourth-order valence-electron chi connectivity index (χ4n) is 1.30. The first-order chi connectivity index (χ1) is 8.44. The maximum Gasteiger partial charge on any atom is 0.234 e. The first kappa shape index (κ1) is 14.8. The summed E-state index contributed by atoms with van der Waals surface area (Å²) in [5.41, 5.74) is -0.244. The van der Waals surface area contributed by atoms with Gasteiger partial charge in [0.05, 0.1) is 11.4 Å². The van der Waals surface area contributed by atoms with Crippen LogP contribution in [-0.2, 0) is 10.0 Å². The van der Waals surface area contributed by atoms with E-state index in [1.165, 1.54) is 0 Å². The van der Waals surface area contributed by atoms with Crippen molar-refractivity contribution in [3.63, 3.8) is 0 Å². The number of hydrogen-bond donors (Lipinski definition) is 2. The van der Waals surface area contributed by atoms with Crippen molar-refractivity contribution >= 4 is 15.7 Å². The number of hydrogen-bond acceptors (Lipinski definition) is 3. The van der Waals surface area contributed by atoms with Crippen molar-refractivity contribution < 1.29 is 17.2 Å². The fraction of sp³-hybridized carbons (Fsp3) is 0.455. The van der Waals surface area contributed by atoms with E-state index in [9.17, 15) is 17.2 Å². The maximum atomic E-state index is 13.2. The van der Waals surface area contributed by atoms with Gasteiger partial charge >= 0.3 is 0 Å². The Hall–Kier alpha value is -1.21. The Balaban J connectivity index is 2.59. The predicted octanol–water partition coefficient (Wildman–Crippen LogP) is 1.71. The molecule has 0 aliphatic heterocycles. The third-order valence-corrected chi connectivity index (χ3v) is 3.44. The van der Waals surface area contributed by atoms with Crippen LogP contribution >= 0.6 is 0 Å². The first-order valence-corrected chi connectivity index (χ1v) is 7.26. The maximum absolute atomic E-state index is 13.2. The highest BCUT2D eigenvalue weighted by Crippen LogP contribution is 2.16. The molecule has 0 amide bonds. The van der Waals surface area contributed by atoms with Crippen LogP contribution in [0.15, 0.2) is 18.2 Å². The SMILES string of the molecule is CCCNCCS(=O)(=O)Nc1ccc(F)cc1F. The Kier molecular flexibility index (Phi) is 5.49. The molecule has 1 rings (SSSR count). The molecule has 0 spiro atoms. The van der Waals surface area contributed by atoms with Crippen molar-refractivity contribution in [1.82, 2.24) is 5.32 Å². The molecule has 1 aromatic rings. The summed E-state index contributed by atoms with van der Waals surface area (Å²) in [7, 11) is -3.63. The summed E-state index contributed by atoms with van der Waals surface area (Å²) in [6.07, 6.45) is 0.903. The molecule has 0 aliphatic rings. The average Bonchev–Trinajstić information content (AvgIpc) is 2.28. The van der Waals surface area contributed by atoms with Gasteiger partial charge in [0.2, 0.25) is 10.0 Å². The van der Waals surface area contributed by atoms with Gasteiger partial charge in [-0.15, -0.1) is 0 Å². The zero-order chi connectivity index (χ0) is 13.6. The molecule has 0 unspecified atom stereocenters. The quantitative estimate of drug-likeness (QED) is 0.746. The van der Waals surface area contributed by atoms with Gasteiger partial charge < -0.3 is 5.32 Å². The summed E-state index contributed by atoms with van der Waals surface area (Å²) in [5, 5.41) is 2.93. The molecular weight excluding hydrogens is 262 g/mol. The van der Waals surface area contributed by atoms with Crippen LogP contribution in [0.2, 0.25) is 0 Å². The monoisotopic (exact) mass is 278 g/mol. The molecule has 2 N–H and O–H groups in total. The lowest BCUT2D eigenvalue weighted by Gasteiger charge is -2.09. The van der Waals surface area contributed by atoms with E-state index in [-0.39, 0.29) is 18.0 Å². The Morgan fingerprint density at radius 2 is 1.94 bits per heavy atom. The molecule has 0 radical (unpaired) electrons. The lowest BCUT2D eigenvalue weighted by molar-refractivity contribution is 0.581. The minimum atomic E-state index is -3.63. The summed E-state index contributed by atoms with van der Waals surface area (Å²) < 4.78 is 51.1. The van der Waals surface area contributed by atoms with Crippen LogP contribution in [-0.4, -0.2) is 27.3 Å². The summed E-state index contributed by atoms with van der Waals surface area (Å²) >= 11 is 0. The second-order valence-corrected chi connectivity index (χ2v) is 5.64. The molecule has 0 saturated carbocycles. The van der Waals surface area contributed by atoms with Crippen LogP contribution < -0.4 is 10.0 Å². The Morgan fingerprint density at radius 1 is 1.22 bits per heavy atom. The molecular formula is C11H16F2N2O2S. The van der Waals surface area contributed by atoms with Crippen LogP contribution in [0.4, 0.5) is 14.5 Å². The predicted molar refractivity (Wildman–Crippen MR) is 66.9 cm³/mol. The number of halogens is 2. The first-order valence-electron chi connectivity index (χ1n) is 5.61. The number of sulfonamides is 1. The molecule has 0 atom stereocenters. The molecule has 0 bridgehead atoms. The lowest BCUT2D eigenvalue weighted by Crippen LogP contribution is -2.27. The van der Waals surface area contributed by atoms with Crippen LogP contribution in [0.3, 0.4) is 0 Å². The third kappa shape index (κ3) is 4.97. The van der Waals surface area contributed by atoms with E-state index in [2.05, 4.69) is 10.0 Å². The van der Waals surface area contributed by atoms with Crippen molar-refractivity contribution in [3.05, 3.63) is 29.8 Å². The molecule has 0 heterocycles. The zero-order valence-electron chi connectivity index (χ0n) is 10.0. The van der Waals surface area contributed by atoms with Crippen molar-refractivity contribution in [3.8, 4) is 0 Å². The number of anilines is 1. The summed E-state index contributed by atoms with van der Waals surface area (Å²) in [4.78, 5) is 0. The summed E-state index contributed by atoms with van der Waals surface area (Å²) in [6, 6.07) is 2.69.